The lowest BCUT2D eigenvalue weighted by Crippen LogP contribution is -2.39. The largest absolute Gasteiger partial charge is 0.491 e. The van der Waals surface area contributed by atoms with Crippen molar-refractivity contribution in [3.8, 4) is 23.0 Å². The summed E-state index contributed by atoms with van der Waals surface area (Å²) in [5.41, 5.74) is 3.18. The monoisotopic (exact) mass is 612 g/mol. The molecule has 226 valence electrons. The third-order valence-electron chi connectivity index (χ3n) is 7.10. The minimum atomic E-state index is -0.687. The van der Waals surface area contributed by atoms with Gasteiger partial charge in [0.1, 0.15) is 18.1 Å². The zero-order chi connectivity index (χ0) is 30.8. The summed E-state index contributed by atoms with van der Waals surface area (Å²) in [7, 11) is 0. The van der Waals surface area contributed by atoms with Gasteiger partial charge in [0.15, 0.2) is 16.3 Å². The Labute approximate surface area is 258 Å². The minimum Gasteiger partial charge on any atom is -0.491 e. The first-order valence-electron chi connectivity index (χ1n) is 14.4. The van der Waals surface area contributed by atoms with Crippen LogP contribution in [0.1, 0.15) is 50.4 Å². The van der Waals surface area contributed by atoms with Gasteiger partial charge in [-0.2, -0.15) is 0 Å². The van der Waals surface area contributed by atoms with Crippen LogP contribution < -0.4 is 33.8 Å². The molecule has 3 aromatic carbocycles. The summed E-state index contributed by atoms with van der Waals surface area (Å²) in [4.78, 5) is 32.2. The molecule has 1 atom stereocenters. The summed E-state index contributed by atoms with van der Waals surface area (Å²) in [5.74, 6) is 2.36. The predicted molar refractivity (Wildman–Crippen MR) is 166 cm³/mol. The average molecular weight is 613 g/mol. The fourth-order valence-corrected chi connectivity index (χ4v) is 6.16. The van der Waals surface area contributed by atoms with Gasteiger partial charge in [0.2, 0.25) is 6.79 Å². The normalized spacial score (nSPS) is 15.7. The topological polar surface area (TPSA) is 97.6 Å². The van der Waals surface area contributed by atoms with Crippen molar-refractivity contribution < 1.29 is 28.5 Å². The van der Waals surface area contributed by atoms with Crippen LogP contribution in [0.25, 0.3) is 6.08 Å². The highest BCUT2D eigenvalue weighted by molar-refractivity contribution is 7.07. The molecule has 0 radical (unpaired) electrons. The third-order valence-corrected chi connectivity index (χ3v) is 8.09. The third kappa shape index (κ3) is 5.98. The van der Waals surface area contributed by atoms with Gasteiger partial charge in [-0.15, -0.1) is 0 Å². The first-order chi connectivity index (χ1) is 21.3. The van der Waals surface area contributed by atoms with Gasteiger partial charge < -0.3 is 23.7 Å². The van der Waals surface area contributed by atoms with E-state index in [1.54, 1.807) is 18.4 Å². The van der Waals surface area contributed by atoms with Crippen LogP contribution in [0, 0.1) is 0 Å². The quantitative estimate of drug-likeness (QED) is 0.248. The molecule has 0 unspecified atom stereocenters. The van der Waals surface area contributed by atoms with Crippen LogP contribution in [0.5, 0.6) is 23.0 Å². The van der Waals surface area contributed by atoms with Gasteiger partial charge in [-0.25, -0.2) is 9.79 Å². The number of ether oxygens (including phenoxy) is 5. The van der Waals surface area contributed by atoms with Crippen molar-refractivity contribution in [3.63, 3.8) is 0 Å². The molecule has 6 rings (SSSR count). The number of carbonyl (C=O) groups is 1. The zero-order valence-electron chi connectivity index (χ0n) is 24.9. The van der Waals surface area contributed by atoms with E-state index in [1.807, 2.05) is 86.7 Å². The smallest absolute Gasteiger partial charge is 0.338 e. The number of allylic oxidation sites excluding steroid dienone is 1. The summed E-state index contributed by atoms with van der Waals surface area (Å²) in [6.07, 6.45) is 1.84. The van der Waals surface area contributed by atoms with E-state index in [0.717, 1.165) is 22.4 Å². The molecule has 0 spiro atoms. The van der Waals surface area contributed by atoms with Gasteiger partial charge in [-0.1, -0.05) is 41.7 Å². The molecular weight excluding hydrogens is 580 g/mol. The SMILES string of the molecule is CCOC(=O)C1=C(C)N=c2s/c(=C\c3ccc(OCc4ccc5c(c4)OCO5)cc3)c(=O)n2[C@H]1c1ccc(OC(C)C)cc1. The zero-order valence-corrected chi connectivity index (χ0v) is 25.7. The number of hydrogen-bond donors (Lipinski definition) is 0. The molecular formula is C34H32N2O7S. The van der Waals surface area contributed by atoms with Crippen LogP contribution in [0.15, 0.2) is 87.8 Å². The molecule has 0 bridgehead atoms. The van der Waals surface area contributed by atoms with E-state index in [4.69, 9.17) is 23.7 Å². The standard InChI is InChI=1S/C34H32N2O7S/c1-5-39-33(38)30-21(4)35-34-36(31(30)24-9-13-26(14-10-24)43-20(2)3)32(37)29(44-34)17-22-6-11-25(12-7-22)40-18-23-8-15-27-28(16-23)42-19-41-27/h6-17,20,31H,5,18-19H2,1-4H3/b29-17-/t31-/m0/s1. The molecule has 10 heteroatoms. The highest BCUT2D eigenvalue weighted by Crippen LogP contribution is 2.33. The first-order valence-corrected chi connectivity index (χ1v) is 15.2. The van der Waals surface area contributed by atoms with E-state index in [9.17, 15) is 9.59 Å². The number of rotatable bonds is 9. The van der Waals surface area contributed by atoms with Crippen LogP contribution in [0.2, 0.25) is 0 Å². The minimum absolute atomic E-state index is 0.0199. The Hall–Kier alpha value is -4.83. The molecule has 0 saturated heterocycles. The molecule has 0 fully saturated rings. The summed E-state index contributed by atoms with van der Waals surface area (Å²) in [6, 6.07) is 20.0. The van der Waals surface area contributed by atoms with Crippen molar-refractivity contribution in [2.24, 2.45) is 4.99 Å². The number of carbonyl (C=O) groups excluding carboxylic acids is 1. The van der Waals surface area contributed by atoms with Crippen molar-refractivity contribution in [2.75, 3.05) is 13.4 Å². The number of thiazole rings is 1. The van der Waals surface area contributed by atoms with Crippen LogP contribution in [-0.2, 0) is 16.1 Å². The maximum atomic E-state index is 13.9. The highest BCUT2D eigenvalue weighted by Gasteiger charge is 2.33. The van der Waals surface area contributed by atoms with E-state index >= 15 is 0 Å². The number of esters is 1. The predicted octanol–water partition coefficient (Wildman–Crippen LogP) is 4.89. The molecule has 2 aliphatic heterocycles. The maximum Gasteiger partial charge on any atom is 0.338 e. The summed E-state index contributed by atoms with van der Waals surface area (Å²) >= 11 is 1.28. The lowest BCUT2D eigenvalue weighted by Gasteiger charge is -2.25. The van der Waals surface area contributed by atoms with Gasteiger partial charge in [0.05, 0.1) is 34.6 Å². The Morgan fingerprint density at radius 3 is 2.50 bits per heavy atom. The second kappa shape index (κ2) is 12.4. The lowest BCUT2D eigenvalue weighted by molar-refractivity contribution is -0.139. The van der Waals surface area contributed by atoms with Gasteiger partial charge in [-0.05, 0) is 86.9 Å². The first kappa shape index (κ1) is 29.3. The van der Waals surface area contributed by atoms with Gasteiger partial charge in [0, 0.05) is 0 Å². The van der Waals surface area contributed by atoms with Crippen molar-refractivity contribution in [1.82, 2.24) is 4.57 Å². The molecule has 2 aliphatic rings. The van der Waals surface area contributed by atoms with E-state index in [1.165, 1.54) is 11.3 Å². The van der Waals surface area contributed by atoms with E-state index in [0.29, 0.717) is 44.5 Å². The summed E-state index contributed by atoms with van der Waals surface area (Å²) in [5, 5.41) is 0. The Balaban J connectivity index is 1.29. The van der Waals surface area contributed by atoms with Crippen LogP contribution >= 0.6 is 11.3 Å². The number of hydrogen-bond acceptors (Lipinski definition) is 9. The van der Waals surface area contributed by atoms with Crippen molar-refractivity contribution in [2.45, 2.75) is 46.4 Å². The number of aromatic nitrogens is 1. The second-order valence-electron chi connectivity index (χ2n) is 10.6. The molecule has 44 heavy (non-hydrogen) atoms. The number of benzene rings is 3. The van der Waals surface area contributed by atoms with Gasteiger partial charge >= 0.3 is 5.97 Å². The molecule has 0 saturated carbocycles. The van der Waals surface area contributed by atoms with Crippen LogP contribution in [0.3, 0.4) is 0 Å². The fourth-order valence-electron chi connectivity index (χ4n) is 5.12. The lowest BCUT2D eigenvalue weighted by atomic mass is 9.96. The Kier molecular flexibility index (Phi) is 8.25. The maximum absolute atomic E-state index is 13.9. The van der Waals surface area contributed by atoms with Gasteiger partial charge in [0.25, 0.3) is 5.56 Å². The molecule has 9 nitrogen and oxygen atoms in total. The van der Waals surface area contributed by atoms with Crippen molar-refractivity contribution >= 4 is 23.4 Å². The fraction of sp³-hybridized carbons (Fsp3) is 0.265. The Morgan fingerprint density at radius 1 is 1.05 bits per heavy atom. The molecule has 0 N–H and O–H groups in total. The summed E-state index contributed by atoms with van der Waals surface area (Å²) in [6.45, 7) is 8.26. The molecule has 4 aromatic rings. The van der Waals surface area contributed by atoms with E-state index < -0.39 is 12.0 Å². The molecule has 3 heterocycles. The molecule has 0 amide bonds. The Bertz CT molecular complexity index is 1900. The summed E-state index contributed by atoms with van der Waals surface area (Å²) < 4.78 is 30.0. The Morgan fingerprint density at radius 2 is 1.77 bits per heavy atom. The van der Waals surface area contributed by atoms with E-state index in [-0.39, 0.29) is 25.1 Å². The molecule has 0 aliphatic carbocycles. The molecule has 1 aromatic heterocycles. The van der Waals surface area contributed by atoms with Crippen LogP contribution in [-0.4, -0.2) is 30.0 Å². The average Bonchev–Trinajstić information content (AvgIpc) is 3.60. The van der Waals surface area contributed by atoms with E-state index in [2.05, 4.69) is 4.99 Å². The number of fused-ring (bicyclic) bond motifs is 2. The van der Waals surface area contributed by atoms with Crippen LogP contribution in [0.4, 0.5) is 0 Å². The highest BCUT2D eigenvalue weighted by atomic mass is 32.1. The second-order valence-corrected chi connectivity index (χ2v) is 11.6. The number of nitrogens with zero attached hydrogens (tertiary/aromatic N) is 2. The van der Waals surface area contributed by atoms with Crippen molar-refractivity contribution in [3.05, 3.63) is 114 Å². The van der Waals surface area contributed by atoms with Gasteiger partial charge in [-0.3, -0.25) is 9.36 Å². The van der Waals surface area contributed by atoms with Crippen molar-refractivity contribution in [1.29, 1.82) is 0 Å².